The van der Waals surface area contributed by atoms with Gasteiger partial charge in [-0.2, -0.15) is 0 Å². The minimum atomic E-state index is -0.912. The molecule has 6 rings (SSSR count). The van der Waals surface area contributed by atoms with E-state index in [1.54, 1.807) is 24.3 Å². The van der Waals surface area contributed by atoms with Gasteiger partial charge >= 0.3 is 11.9 Å². The monoisotopic (exact) mass is 780 g/mol. The van der Waals surface area contributed by atoms with Crippen LogP contribution < -0.4 is 21.3 Å². The standard InChI is InChI=1S/C21H27N5O2.C17H21N3O2.C4H8N2O/c1-12-13(2)23-15(4)24-20(12)26(5)14(3)16-6-10-18(11-7-16)21(27)28-25-19(22)17-8-9-17;1-10-11(2)18-13(4)19-16(10)20(5)12(3)14-6-8-15(9-7-14)17(21)22;5-4(6-7)3-1-2-3/h6-7,10-11,14,17H,8-9H2,1-5H3,(H2,22,25);6-9,12H,1-5H3,(H,21,22);3,7H,1-2H2,(H2,5,6). The molecule has 0 bridgehead atoms. The van der Waals surface area contributed by atoms with E-state index in [4.69, 9.17) is 26.6 Å². The number of aromatic carboxylic acids is 1. The molecule has 2 unspecified atom stereocenters. The van der Waals surface area contributed by atoms with Gasteiger partial charge < -0.3 is 36.4 Å². The number of benzene rings is 2. The molecule has 15 heteroatoms. The predicted molar refractivity (Wildman–Crippen MR) is 222 cm³/mol. The zero-order chi connectivity index (χ0) is 42.1. The van der Waals surface area contributed by atoms with Gasteiger partial charge in [-0.1, -0.05) is 34.6 Å². The van der Waals surface area contributed by atoms with Crippen molar-refractivity contribution in [2.75, 3.05) is 23.9 Å². The molecule has 0 amide bonds. The van der Waals surface area contributed by atoms with Gasteiger partial charge in [0.05, 0.1) is 23.2 Å². The Morgan fingerprint density at radius 1 is 0.684 bits per heavy atom. The third-order valence-electron chi connectivity index (χ3n) is 10.4. The van der Waals surface area contributed by atoms with Crippen LogP contribution >= 0.6 is 0 Å². The van der Waals surface area contributed by atoms with Crippen LogP contribution in [0.4, 0.5) is 11.6 Å². The zero-order valence-corrected chi connectivity index (χ0v) is 34.6. The molecule has 2 aromatic carbocycles. The summed E-state index contributed by atoms with van der Waals surface area (Å²) in [6.07, 6.45) is 4.21. The Kier molecular flexibility index (Phi) is 14.7. The number of hydrogen-bond acceptors (Lipinski definition) is 12. The number of aryl methyl sites for hydroxylation is 4. The molecule has 15 nitrogen and oxygen atoms in total. The number of carboxylic acid groups (broad SMARTS) is 1. The normalized spacial score (nSPS) is 14.9. The third-order valence-corrected chi connectivity index (χ3v) is 10.4. The van der Waals surface area contributed by atoms with Crippen molar-refractivity contribution in [1.29, 1.82) is 0 Å². The first-order valence-electron chi connectivity index (χ1n) is 19.0. The van der Waals surface area contributed by atoms with Gasteiger partial charge in [0, 0.05) is 48.4 Å². The molecule has 2 aromatic heterocycles. The first-order valence-corrected chi connectivity index (χ1v) is 19.0. The molecule has 304 valence electrons. The number of aromatic nitrogens is 4. The summed E-state index contributed by atoms with van der Waals surface area (Å²) < 4.78 is 0. The summed E-state index contributed by atoms with van der Waals surface area (Å²) in [5.41, 5.74) is 17.8. The minimum absolute atomic E-state index is 0.0704. The molecule has 0 saturated heterocycles. The predicted octanol–water partition coefficient (Wildman–Crippen LogP) is 6.88. The van der Waals surface area contributed by atoms with Gasteiger partial charge in [0.25, 0.3) is 0 Å². The van der Waals surface area contributed by atoms with Crippen molar-refractivity contribution in [1.82, 2.24) is 19.9 Å². The average Bonchev–Trinajstić information content (AvgIpc) is 4.13. The fraction of sp³-hybridized carbons (Fsp3) is 0.429. The van der Waals surface area contributed by atoms with Crippen molar-refractivity contribution in [2.45, 2.75) is 93.2 Å². The summed E-state index contributed by atoms with van der Waals surface area (Å²) in [6.45, 7) is 16.0. The van der Waals surface area contributed by atoms with Crippen LogP contribution in [0, 0.1) is 53.4 Å². The van der Waals surface area contributed by atoms with E-state index in [2.05, 4.69) is 53.9 Å². The summed E-state index contributed by atoms with van der Waals surface area (Å²) in [5.74, 6) is 3.34. The smallest absolute Gasteiger partial charge is 0.365 e. The van der Waals surface area contributed by atoms with Crippen molar-refractivity contribution < 1.29 is 24.7 Å². The molecule has 6 N–H and O–H groups in total. The van der Waals surface area contributed by atoms with E-state index < -0.39 is 11.9 Å². The fourth-order valence-corrected chi connectivity index (χ4v) is 5.86. The zero-order valence-electron chi connectivity index (χ0n) is 34.6. The lowest BCUT2D eigenvalue weighted by atomic mass is 10.0. The highest BCUT2D eigenvalue weighted by atomic mass is 16.7. The van der Waals surface area contributed by atoms with Crippen molar-refractivity contribution in [3.8, 4) is 0 Å². The van der Waals surface area contributed by atoms with Gasteiger partial charge in [-0.3, -0.25) is 0 Å². The largest absolute Gasteiger partial charge is 0.478 e. The lowest BCUT2D eigenvalue weighted by Gasteiger charge is -2.28. The number of carboxylic acids is 1. The van der Waals surface area contributed by atoms with Crippen LogP contribution in [-0.4, -0.2) is 68.0 Å². The van der Waals surface area contributed by atoms with Crippen LogP contribution in [0.15, 0.2) is 58.8 Å². The Balaban J connectivity index is 0.000000220. The quantitative estimate of drug-likeness (QED) is 0.0402. The Bertz CT molecular complexity index is 2100. The van der Waals surface area contributed by atoms with Crippen LogP contribution in [0.2, 0.25) is 0 Å². The van der Waals surface area contributed by atoms with Crippen molar-refractivity contribution in [3.05, 3.63) is 105 Å². The van der Waals surface area contributed by atoms with E-state index in [9.17, 15) is 9.59 Å². The molecule has 2 aliphatic carbocycles. The molecule has 57 heavy (non-hydrogen) atoms. The summed E-state index contributed by atoms with van der Waals surface area (Å²) in [6, 6.07) is 14.4. The number of hydrogen-bond donors (Lipinski definition) is 4. The minimum Gasteiger partial charge on any atom is -0.478 e. The number of carbonyl (C=O) groups excluding carboxylic acids is 1. The SMILES string of the molecule is Cc1nc(C)c(C)c(N(C)C(C)c2ccc(C(=O)O)cc2)n1.Cc1nc(C)c(C)c(N(C)C(C)c2ccc(C(=O)O/N=C(\N)C3CC3)cc2)n1.N/C(=N\O)C1CC1. The lowest BCUT2D eigenvalue weighted by molar-refractivity contribution is 0.0513. The maximum absolute atomic E-state index is 12.1. The van der Waals surface area contributed by atoms with Crippen LogP contribution in [-0.2, 0) is 4.84 Å². The highest BCUT2D eigenvalue weighted by Gasteiger charge is 2.27. The van der Waals surface area contributed by atoms with Crippen molar-refractivity contribution in [3.63, 3.8) is 0 Å². The number of carbonyl (C=O) groups is 2. The first kappa shape index (κ1) is 43.6. The van der Waals surface area contributed by atoms with Gasteiger partial charge in [0.1, 0.15) is 35.0 Å². The molecule has 4 aromatic rings. The molecular formula is C42H56N10O5. The van der Waals surface area contributed by atoms with Gasteiger partial charge in [-0.05, 0) is 116 Å². The van der Waals surface area contributed by atoms with Crippen LogP contribution in [0.25, 0.3) is 0 Å². The van der Waals surface area contributed by atoms with Crippen LogP contribution in [0.3, 0.4) is 0 Å². The van der Waals surface area contributed by atoms with Gasteiger partial charge in [0.2, 0.25) is 0 Å². The van der Waals surface area contributed by atoms with Gasteiger partial charge in [-0.25, -0.2) is 29.5 Å². The van der Waals surface area contributed by atoms with Gasteiger partial charge in [-0.15, -0.1) is 0 Å². The molecule has 2 atom stereocenters. The maximum Gasteiger partial charge on any atom is 0.365 e. The third kappa shape index (κ3) is 11.7. The number of nitrogens with two attached hydrogens (primary N) is 2. The second kappa shape index (κ2) is 19.2. The van der Waals surface area contributed by atoms with E-state index in [-0.39, 0.29) is 18.0 Å². The molecule has 0 aliphatic heterocycles. The van der Waals surface area contributed by atoms with Crippen molar-refractivity contribution >= 4 is 35.2 Å². The number of amidine groups is 2. The summed E-state index contributed by atoms with van der Waals surface area (Å²) in [7, 11) is 4.00. The van der Waals surface area contributed by atoms with E-state index in [0.717, 1.165) is 82.6 Å². The van der Waals surface area contributed by atoms with E-state index in [0.29, 0.717) is 28.7 Å². The highest BCUT2D eigenvalue weighted by molar-refractivity contribution is 5.91. The molecule has 2 aliphatic rings. The number of rotatable bonds is 11. The number of oxime groups is 2. The first-order chi connectivity index (χ1) is 26.9. The molecule has 0 radical (unpaired) electrons. The van der Waals surface area contributed by atoms with Crippen LogP contribution in [0.5, 0.6) is 0 Å². The van der Waals surface area contributed by atoms with Gasteiger partial charge in [0.15, 0.2) is 0 Å². The molecule has 0 spiro atoms. The van der Waals surface area contributed by atoms with E-state index in [1.165, 1.54) is 0 Å². The second-order valence-electron chi connectivity index (χ2n) is 14.7. The average molecular weight is 781 g/mol. The van der Waals surface area contributed by atoms with E-state index >= 15 is 0 Å². The Labute approximate surface area is 334 Å². The lowest BCUT2D eigenvalue weighted by Crippen LogP contribution is -2.24. The fourth-order valence-electron chi connectivity index (χ4n) is 5.86. The topological polar surface area (TPSA) is 219 Å². The maximum atomic E-state index is 12.1. The number of nitrogens with zero attached hydrogens (tertiary/aromatic N) is 8. The highest BCUT2D eigenvalue weighted by Crippen LogP contribution is 2.31. The Morgan fingerprint density at radius 3 is 1.42 bits per heavy atom. The summed E-state index contributed by atoms with van der Waals surface area (Å²) in [5, 5.41) is 23.6. The molecular weight excluding hydrogens is 725 g/mol. The number of anilines is 2. The van der Waals surface area contributed by atoms with Crippen molar-refractivity contribution in [2.24, 2.45) is 33.6 Å². The second-order valence-corrected chi connectivity index (χ2v) is 14.7. The molecule has 2 heterocycles. The van der Waals surface area contributed by atoms with Crippen LogP contribution in [0.1, 0.15) is 118 Å². The van der Waals surface area contributed by atoms with E-state index in [1.807, 2.05) is 79.9 Å². The Hall–Kier alpha value is -6.12. The molecule has 2 saturated carbocycles. The molecule has 2 fully saturated rings. The Morgan fingerprint density at radius 2 is 1.07 bits per heavy atom. The summed E-state index contributed by atoms with van der Waals surface area (Å²) in [4.78, 5) is 50.2. The summed E-state index contributed by atoms with van der Waals surface area (Å²) >= 11 is 0.